The van der Waals surface area contributed by atoms with Crippen LogP contribution < -0.4 is 10.2 Å². The molecule has 1 N–H and O–H groups in total. The van der Waals surface area contributed by atoms with Crippen molar-refractivity contribution < 1.29 is 14.3 Å². The maximum absolute atomic E-state index is 12.4. The molecule has 1 fully saturated rings. The van der Waals surface area contributed by atoms with Gasteiger partial charge in [0.1, 0.15) is 6.04 Å². The molecule has 3 rings (SSSR count). The van der Waals surface area contributed by atoms with E-state index >= 15 is 0 Å². The number of amides is 2. The van der Waals surface area contributed by atoms with Crippen molar-refractivity contribution in [3.63, 3.8) is 0 Å². The zero-order valence-electron chi connectivity index (χ0n) is 13.7. The van der Waals surface area contributed by atoms with Gasteiger partial charge in [-0.25, -0.2) is 0 Å². The van der Waals surface area contributed by atoms with Crippen molar-refractivity contribution in [1.29, 1.82) is 0 Å². The highest BCUT2D eigenvalue weighted by Gasteiger charge is 2.24. The number of nitrogens with one attached hydrogen (secondary N) is 1. The van der Waals surface area contributed by atoms with Gasteiger partial charge in [-0.15, -0.1) is 0 Å². The van der Waals surface area contributed by atoms with Crippen molar-refractivity contribution in [2.24, 2.45) is 0 Å². The normalized spacial score (nSPS) is 18.5. The van der Waals surface area contributed by atoms with E-state index in [-0.39, 0.29) is 17.9 Å². The molecule has 0 unspecified atom stereocenters. The fraction of sp³-hybridized carbons (Fsp3) is 0.529. The average molecular weight is 317 g/mol. The van der Waals surface area contributed by atoms with Crippen molar-refractivity contribution in [3.05, 3.63) is 23.8 Å². The highest BCUT2D eigenvalue weighted by molar-refractivity contribution is 5.94. The van der Waals surface area contributed by atoms with Gasteiger partial charge in [0.2, 0.25) is 11.8 Å². The maximum atomic E-state index is 12.4. The second-order valence-corrected chi connectivity index (χ2v) is 6.07. The van der Waals surface area contributed by atoms with Crippen LogP contribution in [0.4, 0.5) is 11.4 Å². The van der Waals surface area contributed by atoms with Crippen LogP contribution in [0.15, 0.2) is 18.2 Å². The Labute approximate surface area is 136 Å². The van der Waals surface area contributed by atoms with E-state index in [9.17, 15) is 9.59 Å². The summed E-state index contributed by atoms with van der Waals surface area (Å²) in [6, 6.07) is 5.65. The van der Waals surface area contributed by atoms with Gasteiger partial charge in [-0.3, -0.25) is 9.59 Å². The van der Waals surface area contributed by atoms with Crippen molar-refractivity contribution in [3.8, 4) is 0 Å². The molecule has 1 saturated heterocycles. The quantitative estimate of drug-likeness (QED) is 0.911. The summed E-state index contributed by atoms with van der Waals surface area (Å²) in [4.78, 5) is 27.7. The fourth-order valence-corrected chi connectivity index (χ4v) is 3.19. The lowest BCUT2D eigenvalue weighted by atomic mass is 10.1. The Balaban J connectivity index is 1.66. The van der Waals surface area contributed by atoms with Crippen LogP contribution in [-0.2, 0) is 20.7 Å². The number of hydrogen-bond acceptors (Lipinski definition) is 4. The number of ether oxygens (including phenoxy) is 1. The molecule has 1 aromatic rings. The number of benzene rings is 1. The first-order valence-corrected chi connectivity index (χ1v) is 8.10. The lowest BCUT2D eigenvalue weighted by Gasteiger charge is -2.29. The Hall–Kier alpha value is -2.08. The minimum absolute atomic E-state index is 0.0697. The van der Waals surface area contributed by atoms with E-state index in [1.54, 1.807) is 11.8 Å². The molecule has 0 aromatic heterocycles. The van der Waals surface area contributed by atoms with E-state index in [1.807, 2.05) is 30.0 Å². The van der Waals surface area contributed by atoms with Gasteiger partial charge in [0.15, 0.2) is 0 Å². The molecule has 1 atom stereocenters. The molecule has 2 aliphatic heterocycles. The monoisotopic (exact) mass is 317 g/mol. The Bertz CT molecular complexity index is 611. The smallest absolute Gasteiger partial charge is 0.244 e. The van der Waals surface area contributed by atoms with Crippen LogP contribution in [0.5, 0.6) is 0 Å². The molecule has 6 nitrogen and oxygen atoms in total. The van der Waals surface area contributed by atoms with Crippen molar-refractivity contribution in [2.75, 3.05) is 43.1 Å². The van der Waals surface area contributed by atoms with Crippen LogP contribution in [0.25, 0.3) is 0 Å². The molecule has 2 heterocycles. The molecule has 0 spiro atoms. The number of carbonyl (C=O) groups is 2. The molecule has 124 valence electrons. The molecule has 23 heavy (non-hydrogen) atoms. The van der Waals surface area contributed by atoms with Crippen molar-refractivity contribution in [2.45, 2.75) is 26.3 Å². The summed E-state index contributed by atoms with van der Waals surface area (Å²) >= 11 is 0. The Kier molecular flexibility index (Phi) is 4.52. The third kappa shape index (κ3) is 3.32. The summed E-state index contributed by atoms with van der Waals surface area (Å²) in [6.45, 7) is 6.73. The van der Waals surface area contributed by atoms with E-state index in [1.165, 1.54) is 0 Å². The number of anilines is 2. The summed E-state index contributed by atoms with van der Waals surface area (Å²) in [7, 11) is 0. The number of hydrogen-bond donors (Lipinski definition) is 1. The molecule has 6 heteroatoms. The van der Waals surface area contributed by atoms with Crippen LogP contribution in [0.3, 0.4) is 0 Å². The first-order chi connectivity index (χ1) is 11.1. The molecule has 1 aromatic carbocycles. The maximum Gasteiger partial charge on any atom is 0.244 e. The molecular formula is C17H23N3O3. The summed E-state index contributed by atoms with van der Waals surface area (Å²) in [6.07, 6.45) is 0.857. The zero-order valence-corrected chi connectivity index (χ0v) is 13.7. The third-order valence-electron chi connectivity index (χ3n) is 4.43. The highest BCUT2D eigenvalue weighted by Crippen LogP contribution is 2.30. The van der Waals surface area contributed by atoms with E-state index in [0.717, 1.165) is 29.9 Å². The van der Waals surface area contributed by atoms with E-state index in [0.29, 0.717) is 26.3 Å². The minimum Gasteiger partial charge on any atom is -0.378 e. The van der Waals surface area contributed by atoms with Crippen LogP contribution in [0.1, 0.15) is 19.4 Å². The minimum atomic E-state index is -0.281. The number of fused-ring (bicyclic) bond motifs is 1. The molecule has 2 amide bonds. The first-order valence-electron chi connectivity index (χ1n) is 8.10. The van der Waals surface area contributed by atoms with Gasteiger partial charge in [0.05, 0.1) is 13.2 Å². The first kappa shape index (κ1) is 15.8. The van der Waals surface area contributed by atoms with E-state index in [2.05, 4.69) is 5.32 Å². The van der Waals surface area contributed by atoms with Crippen molar-refractivity contribution >= 4 is 23.2 Å². The standard InChI is InChI=1S/C17H23N3O3/c1-12(17(22)19-7-9-23-10-8-19)18-15-3-4-16-14(11-15)5-6-20(16)13(2)21/h3-4,11-12,18H,5-10H2,1-2H3/t12-/m1/s1. The average Bonchev–Trinajstić information content (AvgIpc) is 2.98. The summed E-state index contributed by atoms with van der Waals surface area (Å²) in [5.41, 5.74) is 3.05. The van der Waals surface area contributed by atoms with Gasteiger partial charge in [0, 0.05) is 37.9 Å². The van der Waals surface area contributed by atoms with Gasteiger partial charge < -0.3 is 19.9 Å². The molecule has 0 bridgehead atoms. The Morgan fingerprint density at radius 3 is 2.65 bits per heavy atom. The number of nitrogens with zero attached hydrogens (tertiary/aromatic N) is 2. The van der Waals surface area contributed by atoms with Crippen LogP contribution in [0, 0.1) is 0 Å². The predicted octanol–water partition coefficient (Wildman–Crippen LogP) is 1.25. The number of carbonyl (C=O) groups excluding carboxylic acids is 2. The molecular weight excluding hydrogens is 294 g/mol. The fourth-order valence-electron chi connectivity index (χ4n) is 3.19. The number of rotatable bonds is 3. The summed E-state index contributed by atoms with van der Waals surface area (Å²) in [5.74, 6) is 0.166. The van der Waals surface area contributed by atoms with E-state index < -0.39 is 0 Å². The predicted molar refractivity (Wildman–Crippen MR) is 88.7 cm³/mol. The second-order valence-electron chi connectivity index (χ2n) is 6.07. The van der Waals surface area contributed by atoms with Gasteiger partial charge in [-0.1, -0.05) is 0 Å². The van der Waals surface area contributed by atoms with Gasteiger partial charge in [0.25, 0.3) is 0 Å². The Morgan fingerprint density at radius 1 is 1.22 bits per heavy atom. The third-order valence-corrected chi connectivity index (χ3v) is 4.43. The van der Waals surface area contributed by atoms with Crippen LogP contribution >= 0.6 is 0 Å². The van der Waals surface area contributed by atoms with Crippen LogP contribution in [-0.4, -0.2) is 55.6 Å². The second kappa shape index (κ2) is 6.58. The molecule has 0 radical (unpaired) electrons. The molecule has 0 aliphatic carbocycles. The highest BCUT2D eigenvalue weighted by atomic mass is 16.5. The van der Waals surface area contributed by atoms with Gasteiger partial charge in [-0.05, 0) is 37.1 Å². The molecule has 0 saturated carbocycles. The largest absolute Gasteiger partial charge is 0.378 e. The SMILES string of the molecule is CC(=O)N1CCc2cc(N[C@H](C)C(=O)N3CCOCC3)ccc21. The summed E-state index contributed by atoms with van der Waals surface area (Å²) < 4.78 is 5.28. The molecule has 2 aliphatic rings. The zero-order chi connectivity index (χ0) is 16.4. The number of morpholine rings is 1. The Morgan fingerprint density at radius 2 is 1.96 bits per heavy atom. The van der Waals surface area contributed by atoms with E-state index in [4.69, 9.17) is 4.74 Å². The topological polar surface area (TPSA) is 61.9 Å². The lowest BCUT2D eigenvalue weighted by molar-refractivity contribution is -0.135. The van der Waals surface area contributed by atoms with Gasteiger partial charge >= 0.3 is 0 Å². The lowest BCUT2D eigenvalue weighted by Crippen LogP contribution is -2.47. The van der Waals surface area contributed by atoms with Crippen molar-refractivity contribution in [1.82, 2.24) is 4.90 Å². The van der Waals surface area contributed by atoms with Gasteiger partial charge in [-0.2, -0.15) is 0 Å². The van der Waals surface area contributed by atoms with Crippen LogP contribution in [0.2, 0.25) is 0 Å². The summed E-state index contributed by atoms with van der Waals surface area (Å²) in [5, 5.41) is 3.28.